The van der Waals surface area contributed by atoms with E-state index in [0.717, 1.165) is 0 Å². The Morgan fingerprint density at radius 1 is 1.19 bits per heavy atom. The van der Waals surface area contributed by atoms with E-state index >= 15 is 0 Å². The maximum Gasteiger partial charge on any atom is 0.435 e. The molecule has 0 saturated carbocycles. The Bertz CT molecular complexity index is 658. The lowest BCUT2D eigenvalue weighted by atomic mass is 10.1. The zero-order valence-electron chi connectivity index (χ0n) is 11.5. The normalized spacial score (nSPS) is 16.0. The molecule has 1 aliphatic heterocycles. The molecular weight excluding hydrogens is 281 g/mol. The van der Waals surface area contributed by atoms with Crippen LogP contribution in [0.5, 0.6) is 0 Å². The van der Waals surface area contributed by atoms with E-state index in [1.807, 2.05) is 11.9 Å². The van der Waals surface area contributed by atoms with Gasteiger partial charge in [-0.25, -0.2) is 4.68 Å². The van der Waals surface area contributed by atoms with E-state index in [0.29, 0.717) is 30.0 Å². The van der Waals surface area contributed by atoms with Gasteiger partial charge in [0.15, 0.2) is 5.69 Å². The van der Waals surface area contributed by atoms with Gasteiger partial charge in [-0.3, -0.25) is 0 Å². The Morgan fingerprint density at radius 3 is 2.48 bits per heavy atom. The molecule has 0 amide bonds. The first-order chi connectivity index (χ1) is 9.86. The van der Waals surface area contributed by atoms with Crippen LogP contribution in [-0.2, 0) is 19.1 Å². The largest absolute Gasteiger partial charge is 0.435 e. The third-order valence-electron chi connectivity index (χ3n) is 3.65. The van der Waals surface area contributed by atoms with Crippen molar-refractivity contribution in [3.05, 3.63) is 41.2 Å². The van der Waals surface area contributed by atoms with E-state index in [1.165, 1.54) is 4.68 Å². The quantitative estimate of drug-likeness (QED) is 0.822. The second-order valence-electron chi connectivity index (χ2n) is 5.26. The molecule has 0 bridgehead atoms. The molecule has 0 fully saturated rings. The maximum atomic E-state index is 13.2. The summed E-state index contributed by atoms with van der Waals surface area (Å²) in [6, 6.07) is 6.68. The van der Waals surface area contributed by atoms with Gasteiger partial charge in [-0.1, -0.05) is 0 Å². The van der Waals surface area contributed by atoms with Crippen LogP contribution in [0.25, 0.3) is 5.69 Å². The minimum absolute atomic E-state index is 0.263. The Balaban J connectivity index is 2.16. The topological polar surface area (TPSA) is 47.1 Å². The monoisotopic (exact) mass is 296 g/mol. The van der Waals surface area contributed by atoms with Crippen LogP contribution in [0.2, 0.25) is 0 Å². The number of likely N-dealkylation sites (N-methyl/N-ethyl adjacent to an activating group) is 1. The fourth-order valence-corrected chi connectivity index (χ4v) is 2.61. The average molecular weight is 296 g/mol. The van der Waals surface area contributed by atoms with Gasteiger partial charge in [0.05, 0.1) is 11.4 Å². The van der Waals surface area contributed by atoms with Gasteiger partial charge in [0, 0.05) is 30.8 Å². The molecule has 0 aliphatic carbocycles. The number of hydrogen-bond donors (Lipinski definition) is 1. The lowest BCUT2D eigenvalue weighted by Gasteiger charge is -2.23. The van der Waals surface area contributed by atoms with Gasteiger partial charge in [0.2, 0.25) is 0 Å². The zero-order chi connectivity index (χ0) is 15.2. The summed E-state index contributed by atoms with van der Waals surface area (Å²) < 4.78 is 40.9. The predicted molar refractivity (Wildman–Crippen MR) is 73.0 cm³/mol. The van der Waals surface area contributed by atoms with E-state index in [-0.39, 0.29) is 12.1 Å². The Labute approximate surface area is 120 Å². The number of nitrogens with two attached hydrogens (primary N) is 1. The highest BCUT2D eigenvalue weighted by molar-refractivity contribution is 5.47. The minimum atomic E-state index is -4.44. The lowest BCUT2D eigenvalue weighted by molar-refractivity contribution is -0.142. The minimum Gasteiger partial charge on any atom is -0.399 e. The number of anilines is 1. The van der Waals surface area contributed by atoms with Crippen molar-refractivity contribution in [2.75, 3.05) is 19.3 Å². The van der Waals surface area contributed by atoms with Crippen LogP contribution < -0.4 is 5.73 Å². The van der Waals surface area contributed by atoms with Crippen molar-refractivity contribution in [3.8, 4) is 5.69 Å². The molecule has 0 atom stereocenters. The first-order valence-electron chi connectivity index (χ1n) is 6.58. The molecule has 7 heteroatoms. The van der Waals surface area contributed by atoms with Crippen molar-refractivity contribution in [2.24, 2.45) is 0 Å². The number of nitrogen functional groups attached to an aromatic ring is 1. The smallest absolute Gasteiger partial charge is 0.399 e. The predicted octanol–water partition coefficient (Wildman–Crippen LogP) is 2.46. The molecule has 2 heterocycles. The summed E-state index contributed by atoms with van der Waals surface area (Å²) in [6.45, 7) is 0.976. The lowest BCUT2D eigenvalue weighted by Crippen LogP contribution is -2.28. The molecule has 4 nitrogen and oxygen atoms in total. The van der Waals surface area contributed by atoms with E-state index in [9.17, 15) is 13.2 Å². The molecule has 1 aromatic carbocycles. The van der Waals surface area contributed by atoms with E-state index in [4.69, 9.17) is 5.73 Å². The molecule has 2 N–H and O–H groups in total. The molecule has 0 unspecified atom stereocenters. The van der Waals surface area contributed by atoms with Gasteiger partial charge < -0.3 is 10.6 Å². The number of fused-ring (bicyclic) bond motifs is 1. The molecule has 0 spiro atoms. The third kappa shape index (κ3) is 2.49. The van der Waals surface area contributed by atoms with Crippen LogP contribution in [0.4, 0.5) is 18.9 Å². The molecule has 1 aliphatic rings. The highest BCUT2D eigenvalue weighted by atomic mass is 19.4. The Hall–Kier alpha value is -2.02. The summed E-state index contributed by atoms with van der Waals surface area (Å²) >= 11 is 0. The molecule has 0 saturated heterocycles. The summed E-state index contributed by atoms with van der Waals surface area (Å²) in [4.78, 5) is 1.87. The highest BCUT2D eigenvalue weighted by Crippen LogP contribution is 2.35. The van der Waals surface area contributed by atoms with E-state index < -0.39 is 11.9 Å². The second kappa shape index (κ2) is 4.77. The maximum absolute atomic E-state index is 13.2. The van der Waals surface area contributed by atoms with Crippen LogP contribution in [0.15, 0.2) is 24.3 Å². The summed E-state index contributed by atoms with van der Waals surface area (Å²) in [6.07, 6.45) is -3.90. The van der Waals surface area contributed by atoms with Crippen molar-refractivity contribution in [2.45, 2.75) is 19.1 Å². The Kier molecular flexibility index (Phi) is 3.16. The first kappa shape index (κ1) is 13.9. The van der Waals surface area contributed by atoms with Gasteiger partial charge in [-0.15, -0.1) is 0 Å². The van der Waals surface area contributed by atoms with Crippen molar-refractivity contribution < 1.29 is 13.2 Å². The van der Waals surface area contributed by atoms with Crippen LogP contribution in [0.1, 0.15) is 17.0 Å². The number of alkyl halides is 3. The summed E-state index contributed by atoms with van der Waals surface area (Å²) in [5.74, 6) is 0. The number of halogens is 3. The van der Waals surface area contributed by atoms with Crippen molar-refractivity contribution in [1.82, 2.24) is 14.7 Å². The molecule has 112 valence electrons. The summed E-state index contributed by atoms with van der Waals surface area (Å²) in [5.41, 5.74) is 6.89. The number of rotatable bonds is 1. The number of hydrogen-bond acceptors (Lipinski definition) is 3. The molecule has 3 rings (SSSR count). The van der Waals surface area contributed by atoms with Crippen LogP contribution in [-0.4, -0.2) is 28.3 Å². The average Bonchev–Trinajstić information content (AvgIpc) is 2.78. The zero-order valence-corrected chi connectivity index (χ0v) is 11.5. The van der Waals surface area contributed by atoms with Crippen LogP contribution in [0.3, 0.4) is 0 Å². The molecule has 0 radical (unpaired) electrons. The number of nitrogens with zero attached hydrogens (tertiary/aromatic N) is 3. The molecule has 2 aromatic rings. The van der Waals surface area contributed by atoms with Gasteiger partial charge in [0.25, 0.3) is 0 Å². The van der Waals surface area contributed by atoms with Gasteiger partial charge >= 0.3 is 6.18 Å². The van der Waals surface area contributed by atoms with Crippen LogP contribution in [0, 0.1) is 0 Å². The van der Waals surface area contributed by atoms with Crippen LogP contribution >= 0.6 is 0 Å². The van der Waals surface area contributed by atoms with Crippen molar-refractivity contribution in [1.29, 1.82) is 0 Å². The van der Waals surface area contributed by atoms with Gasteiger partial charge in [-0.2, -0.15) is 18.3 Å². The first-order valence-corrected chi connectivity index (χ1v) is 6.58. The van der Waals surface area contributed by atoms with E-state index in [2.05, 4.69) is 5.10 Å². The van der Waals surface area contributed by atoms with Gasteiger partial charge in [0.1, 0.15) is 0 Å². The standard InChI is InChI=1S/C14H15F3N4/c1-20-7-6-12-11(8-20)13(14(15,16)17)19-21(12)10-4-2-9(18)3-5-10/h2-5H,6-8,18H2,1H3. The fourth-order valence-electron chi connectivity index (χ4n) is 2.61. The number of benzene rings is 1. The molecular formula is C14H15F3N4. The fraction of sp³-hybridized carbons (Fsp3) is 0.357. The molecule has 21 heavy (non-hydrogen) atoms. The van der Waals surface area contributed by atoms with Crippen molar-refractivity contribution in [3.63, 3.8) is 0 Å². The highest BCUT2D eigenvalue weighted by Gasteiger charge is 2.40. The summed E-state index contributed by atoms with van der Waals surface area (Å²) in [7, 11) is 1.81. The molecule has 1 aromatic heterocycles. The number of aromatic nitrogens is 2. The van der Waals surface area contributed by atoms with Crippen molar-refractivity contribution >= 4 is 5.69 Å². The van der Waals surface area contributed by atoms with E-state index in [1.54, 1.807) is 24.3 Å². The third-order valence-corrected chi connectivity index (χ3v) is 3.65. The second-order valence-corrected chi connectivity index (χ2v) is 5.26. The summed E-state index contributed by atoms with van der Waals surface area (Å²) in [5, 5.41) is 3.82. The Morgan fingerprint density at radius 2 is 1.86 bits per heavy atom. The van der Waals surface area contributed by atoms with Gasteiger partial charge in [-0.05, 0) is 31.3 Å². The SMILES string of the molecule is CN1CCc2c(c(C(F)(F)F)nn2-c2ccc(N)cc2)C1.